The molecule has 0 aliphatic heterocycles. The summed E-state index contributed by atoms with van der Waals surface area (Å²) in [4.78, 5) is 33.1. The van der Waals surface area contributed by atoms with E-state index in [4.69, 9.17) is 5.11 Å². The van der Waals surface area contributed by atoms with Gasteiger partial charge in [0.25, 0.3) is 0 Å². The number of hydrogen-bond acceptors (Lipinski definition) is 6. The summed E-state index contributed by atoms with van der Waals surface area (Å²) in [5.74, 6) is -1.40. The Morgan fingerprint density at radius 3 is 2.70 bits per heavy atom. The predicted octanol–water partition coefficient (Wildman–Crippen LogP) is 2.22. The number of anilines is 1. The van der Waals surface area contributed by atoms with Crippen molar-refractivity contribution in [3.05, 3.63) is 16.3 Å². The summed E-state index contributed by atoms with van der Waals surface area (Å²) < 4.78 is 0. The van der Waals surface area contributed by atoms with Gasteiger partial charge in [0.05, 0.1) is 11.8 Å². The van der Waals surface area contributed by atoms with Gasteiger partial charge in [0, 0.05) is 4.88 Å². The van der Waals surface area contributed by atoms with Crippen molar-refractivity contribution in [2.45, 2.75) is 45.1 Å². The number of nitrogens with zero attached hydrogens (tertiary/aromatic N) is 2. The molecule has 2 aromatic rings. The van der Waals surface area contributed by atoms with Gasteiger partial charge in [-0.2, -0.15) is 0 Å². The van der Waals surface area contributed by atoms with Gasteiger partial charge < -0.3 is 15.5 Å². The van der Waals surface area contributed by atoms with E-state index in [1.54, 1.807) is 18.3 Å². The number of aromatic nitrogens is 2. The van der Waals surface area contributed by atoms with Gasteiger partial charge in [0.15, 0.2) is 0 Å². The number of rotatable bonds is 5. The molecular formula is C15H17N3O4S. The number of aliphatic carboxylic acids is 2. The lowest BCUT2D eigenvalue weighted by Gasteiger charge is -2.16. The van der Waals surface area contributed by atoms with Crippen LogP contribution in [0.4, 0.5) is 5.82 Å². The van der Waals surface area contributed by atoms with E-state index in [2.05, 4.69) is 15.3 Å². The number of carbonyl (C=O) groups is 2. The first-order valence-corrected chi connectivity index (χ1v) is 8.27. The Morgan fingerprint density at radius 2 is 2.00 bits per heavy atom. The first-order valence-electron chi connectivity index (χ1n) is 7.45. The largest absolute Gasteiger partial charge is 0.481 e. The van der Waals surface area contributed by atoms with E-state index in [1.807, 2.05) is 0 Å². The highest BCUT2D eigenvalue weighted by molar-refractivity contribution is 7.19. The molecule has 1 unspecified atom stereocenters. The van der Waals surface area contributed by atoms with Crippen LogP contribution in [-0.2, 0) is 22.4 Å². The first-order chi connectivity index (χ1) is 11.0. The maximum atomic E-state index is 11.3. The summed E-state index contributed by atoms with van der Waals surface area (Å²) in [6.07, 6.45) is 3.65. The van der Waals surface area contributed by atoms with Crippen LogP contribution in [-0.4, -0.2) is 38.2 Å². The molecule has 0 amide bonds. The molecule has 3 N–H and O–H groups in total. The molecule has 3 rings (SSSR count). The number of nitrogens with one attached hydrogen (secondary N) is 1. The van der Waals surface area contributed by atoms with Crippen molar-refractivity contribution in [1.29, 1.82) is 0 Å². The second-order valence-electron chi connectivity index (χ2n) is 5.64. The zero-order valence-corrected chi connectivity index (χ0v) is 13.4. The van der Waals surface area contributed by atoms with Crippen molar-refractivity contribution < 1.29 is 19.8 Å². The van der Waals surface area contributed by atoms with Crippen LogP contribution in [0.3, 0.4) is 0 Å². The van der Waals surface area contributed by atoms with E-state index in [9.17, 15) is 14.7 Å². The van der Waals surface area contributed by atoms with E-state index in [0.717, 1.165) is 35.9 Å². The van der Waals surface area contributed by atoms with Gasteiger partial charge in [0.1, 0.15) is 22.5 Å². The van der Waals surface area contributed by atoms with Gasteiger partial charge in [-0.3, -0.25) is 4.79 Å². The Balaban J connectivity index is 2.06. The fourth-order valence-corrected chi connectivity index (χ4v) is 4.22. The highest BCUT2D eigenvalue weighted by Gasteiger charge is 2.25. The highest BCUT2D eigenvalue weighted by Crippen LogP contribution is 2.38. The summed E-state index contributed by atoms with van der Waals surface area (Å²) in [6.45, 7) is 1.75. The molecule has 23 heavy (non-hydrogen) atoms. The third-order valence-corrected chi connectivity index (χ3v) is 5.10. The maximum Gasteiger partial charge on any atom is 0.326 e. The van der Waals surface area contributed by atoms with Gasteiger partial charge >= 0.3 is 11.9 Å². The van der Waals surface area contributed by atoms with Gasteiger partial charge in [-0.1, -0.05) is 0 Å². The molecule has 2 heterocycles. The van der Waals surface area contributed by atoms with Crippen LogP contribution in [0.1, 0.15) is 35.5 Å². The van der Waals surface area contributed by atoms with Crippen molar-refractivity contribution in [1.82, 2.24) is 9.97 Å². The molecule has 0 saturated carbocycles. The fraction of sp³-hybridized carbons (Fsp3) is 0.467. The molecule has 8 heteroatoms. The SMILES string of the molecule is Cc1nc(NC(CC(=O)O)C(=O)O)c2c3c(sc2n1)CCCC3. The van der Waals surface area contributed by atoms with Gasteiger partial charge in [-0.25, -0.2) is 14.8 Å². The summed E-state index contributed by atoms with van der Waals surface area (Å²) in [6, 6.07) is -1.22. The normalized spacial score (nSPS) is 15.2. The summed E-state index contributed by atoms with van der Waals surface area (Å²) in [5.41, 5.74) is 1.18. The number of aryl methyl sites for hydroxylation is 3. The zero-order valence-electron chi connectivity index (χ0n) is 12.6. The van der Waals surface area contributed by atoms with Crippen molar-refractivity contribution in [2.75, 3.05) is 5.32 Å². The Hall–Kier alpha value is -2.22. The Labute approximate surface area is 136 Å². The van der Waals surface area contributed by atoms with Crippen LogP contribution in [0.25, 0.3) is 10.2 Å². The lowest BCUT2D eigenvalue weighted by atomic mass is 9.97. The molecule has 0 saturated heterocycles. The van der Waals surface area contributed by atoms with Crippen LogP contribution in [0.5, 0.6) is 0 Å². The third kappa shape index (κ3) is 3.12. The monoisotopic (exact) mass is 335 g/mol. The third-order valence-electron chi connectivity index (χ3n) is 3.91. The van der Waals surface area contributed by atoms with Crippen molar-refractivity contribution in [2.24, 2.45) is 0 Å². The quantitative estimate of drug-likeness (QED) is 0.768. The highest BCUT2D eigenvalue weighted by atomic mass is 32.1. The molecule has 1 aliphatic carbocycles. The molecule has 0 bridgehead atoms. The van der Waals surface area contributed by atoms with Gasteiger partial charge in [-0.05, 0) is 38.2 Å². The smallest absolute Gasteiger partial charge is 0.326 e. The molecule has 122 valence electrons. The van der Waals surface area contributed by atoms with E-state index in [1.165, 1.54) is 10.4 Å². The summed E-state index contributed by atoms with van der Waals surface area (Å²) >= 11 is 1.62. The van der Waals surface area contributed by atoms with Gasteiger partial charge in [0.2, 0.25) is 0 Å². The fourth-order valence-electron chi connectivity index (χ4n) is 2.91. The lowest BCUT2D eigenvalue weighted by Crippen LogP contribution is -2.32. The Kier molecular flexibility index (Phi) is 4.16. The topological polar surface area (TPSA) is 112 Å². The molecule has 0 fully saturated rings. The van der Waals surface area contributed by atoms with Crippen molar-refractivity contribution in [3.63, 3.8) is 0 Å². The second-order valence-corrected chi connectivity index (χ2v) is 6.73. The van der Waals surface area contributed by atoms with Crippen molar-refractivity contribution >= 4 is 39.3 Å². The molecule has 1 aliphatic rings. The molecule has 1 atom stereocenters. The Bertz CT molecular complexity index is 787. The number of fused-ring (bicyclic) bond motifs is 3. The number of thiophene rings is 1. The van der Waals surface area contributed by atoms with Crippen LogP contribution >= 0.6 is 11.3 Å². The molecule has 0 aromatic carbocycles. The second kappa shape index (κ2) is 6.11. The minimum absolute atomic E-state index is 0.431. The van der Waals surface area contributed by atoms with Crippen LogP contribution in [0.15, 0.2) is 0 Å². The first kappa shape index (κ1) is 15.7. The number of carboxylic acids is 2. The van der Waals surface area contributed by atoms with E-state index in [-0.39, 0.29) is 0 Å². The Morgan fingerprint density at radius 1 is 1.26 bits per heavy atom. The minimum atomic E-state index is -1.22. The average Bonchev–Trinajstić information content (AvgIpc) is 2.83. The summed E-state index contributed by atoms with van der Waals surface area (Å²) in [7, 11) is 0. The average molecular weight is 335 g/mol. The maximum absolute atomic E-state index is 11.3. The summed E-state index contributed by atoms with van der Waals surface area (Å²) in [5, 5.41) is 21.8. The minimum Gasteiger partial charge on any atom is -0.481 e. The van der Waals surface area contributed by atoms with Gasteiger partial charge in [-0.15, -0.1) is 11.3 Å². The standard InChI is InChI=1S/C15H17N3O4S/c1-7-16-13(18-9(15(21)22)6-11(19)20)12-8-4-2-3-5-10(8)23-14(12)17-7/h9H,2-6H2,1H3,(H,19,20)(H,21,22)(H,16,17,18). The molecule has 7 nitrogen and oxygen atoms in total. The molecule has 2 aromatic heterocycles. The van der Waals surface area contributed by atoms with E-state index >= 15 is 0 Å². The van der Waals surface area contributed by atoms with Crippen molar-refractivity contribution in [3.8, 4) is 0 Å². The van der Waals surface area contributed by atoms with E-state index < -0.39 is 24.4 Å². The molecular weight excluding hydrogens is 318 g/mol. The van der Waals surface area contributed by atoms with Crippen LogP contribution in [0, 0.1) is 6.92 Å². The number of hydrogen-bond donors (Lipinski definition) is 3. The lowest BCUT2D eigenvalue weighted by molar-refractivity contribution is -0.144. The zero-order chi connectivity index (χ0) is 16.6. The van der Waals surface area contributed by atoms with Crippen LogP contribution in [0.2, 0.25) is 0 Å². The number of carboxylic acid groups (broad SMARTS) is 2. The predicted molar refractivity (Wildman–Crippen MR) is 86.1 cm³/mol. The van der Waals surface area contributed by atoms with Crippen LogP contribution < -0.4 is 5.32 Å². The van der Waals surface area contributed by atoms with E-state index in [0.29, 0.717) is 11.6 Å². The molecule has 0 spiro atoms. The molecule has 0 radical (unpaired) electrons.